The Kier molecular flexibility index (Phi) is 6.45. The van der Waals surface area contributed by atoms with Crippen LogP contribution in [0.2, 0.25) is 5.02 Å². The monoisotopic (exact) mass is 362 g/mol. The molecule has 132 valence electrons. The van der Waals surface area contributed by atoms with Crippen molar-refractivity contribution in [3.05, 3.63) is 107 Å². The van der Waals surface area contributed by atoms with E-state index in [0.29, 0.717) is 0 Å². The Bertz CT molecular complexity index is 786. The summed E-state index contributed by atoms with van der Waals surface area (Å²) < 4.78 is 0. The quantitative estimate of drug-likeness (QED) is 0.363. The molecule has 3 heteroatoms. The van der Waals surface area contributed by atoms with Crippen molar-refractivity contribution in [2.45, 2.75) is 26.4 Å². The summed E-state index contributed by atoms with van der Waals surface area (Å²) in [7, 11) is 0. The molecule has 3 aromatic rings. The predicted octanol–water partition coefficient (Wildman–Crippen LogP) is 6.16. The van der Waals surface area contributed by atoms with Crippen LogP contribution < -0.4 is 0 Å². The fourth-order valence-electron chi connectivity index (χ4n) is 2.86. The second-order valence-electron chi connectivity index (χ2n) is 6.20. The van der Waals surface area contributed by atoms with E-state index in [1.54, 1.807) is 0 Å². The fraction of sp³-hybridized carbons (Fsp3) is 0.174. The molecule has 3 aromatic carbocycles. The Morgan fingerprint density at radius 2 is 1.27 bits per heavy atom. The SMILES string of the molecule is CC/C(=N\N(Cc1ccccc1)Cc1ccccc1)c1ccc(Cl)cc1. The summed E-state index contributed by atoms with van der Waals surface area (Å²) in [6.07, 6.45) is 0.863. The Hall–Kier alpha value is -2.58. The maximum absolute atomic E-state index is 6.03. The Morgan fingerprint density at radius 3 is 1.73 bits per heavy atom. The van der Waals surface area contributed by atoms with Crippen LogP contribution in [0.25, 0.3) is 0 Å². The molecule has 26 heavy (non-hydrogen) atoms. The minimum Gasteiger partial charge on any atom is -0.288 e. The molecule has 0 spiro atoms. The molecule has 3 rings (SSSR count). The molecule has 0 saturated heterocycles. The first-order valence-corrected chi connectivity index (χ1v) is 9.28. The fourth-order valence-corrected chi connectivity index (χ4v) is 2.99. The van der Waals surface area contributed by atoms with Gasteiger partial charge in [0.05, 0.1) is 18.8 Å². The van der Waals surface area contributed by atoms with Gasteiger partial charge in [0.1, 0.15) is 0 Å². The Balaban J connectivity index is 1.88. The molecule has 0 amide bonds. The van der Waals surface area contributed by atoms with Crippen molar-refractivity contribution in [3.63, 3.8) is 0 Å². The molecular weight excluding hydrogens is 340 g/mol. The van der Waals surface area contributed by atoms with Crippen molar-refractivity contribution in [1.29, 1.82) is 0 Å². The van der Waals surface area contributed by atoms with Gasteiger partial charge < -0.3 is 0 Å². The number of hydrogen-bond donors (Lipinski definition) is 0. The average Bonchev–Trinajstić information content (AvgIpc) is 2.68. The maximum Gasteiger partial charge on any atom is 0.0675 e. The standard InChI is InChI=1S/C23H23ClN2/c1-2-23(21-13-15-22(24)16-14-21)25-26(17-19-9-5-3-6-10-19)18-20-11-7-4-8-12-20/h3-16H,2,17-18H2,1H3/b25-23+. The molecule has 0 saturated carbocycles. The molecule has 0 atom stereocenters. The van der Waals surface area contributed by atoms with E-state index in [-0.39, 0.29) is 0 Å². The number of nitrogens with zero attached hydrogens (tertiary/aromatic N) is 2. The Labute approximate surface area is 160 Å². The molecule has 0 aliphatic rings. The zero-order valence-electron chi connectivity index (χ0n) is 15.0. The third kappa shape index (κ3) is 5.21. The van der Waals surface area contributed by atoms with Gasteiger partial charge in [-0.1, -0.05) is 91.3 Å². The van der Waals surface area contributed by atoms with Gasteiger partial charge in [-0.15, -0.1) is 0 Å². The second-order valence-corrected chi connectivity index (χ2v) is 6.64. The van der Waals surface area contributed by atoms with E-state index in [0.717, 1.165) is 35.8 Å². The lowest BCUT2D eigenvalue weighted by Gasteiger charge is -2.21. The number of halogens is 1. The lowest BCUT2D eigenvalue weighted by molar-refractivity contribution is 0.270. The molecule has 0 N–H and O–H groups in total. The summed E-state index contributed by atoms with van der Waals surface area (Å²) in [5, 5.41) is 7.87. The van der Waals surface area contributed by atoms with Gasteiger partial charge in [-0.2, -0.15) is 5.10 Å². The second kappa shape index (κ2) is 9.21. The highest BCUT2D eigenvalue weighted by atomic mass is 35.5. The van der Waals surface area contributed by atoms with E-state index in [9.17, 15) is 0 Å². The first-order chi connectivity index (χ1) is 12.7. The molecule has 0 aliphatic carbocycles. The summed E-state index contributed by atoms with van der Waals surface area (Å²) >= 11 is 6.03. The molecule has 0 bridgehead atoms. The molecule has 0 aliphatic heterocycles. The van der Waals surface area contributed by atoms with Crippen LogP contribution in [0.15, 0.2) is 90.0 Å². The number of benzene rings is 3. The van der Waals surface area contributed by atoms with E-state index in [2.05, 4.69) is 60.5 Å². The van der Waals surface area contributed by atoms with Gasteiger partial charge in [-0.3, -0.25) is 5.01 Å². The Morgan fingerprint density at radius 1 is 0.769 bits per heavy atom. The van der Waals surface area contributed by atoms with E-state index in [1.807, 2.05) is 36.4 Å². The predicted molar refractivity (Wildman–Crippen MR) is 110 cm³/mol. The molecule has 0 unspecified atom stereocenters. The summed E-state index contributed by atoms with van der Waals surface area (Å²) in [5.74, 6) is 0. The van der Waals surface area contributed by atoms with E-state index in [1.165, 1.54) is 11.1 Å². The molecule has 0 heterocycles. The molecular formula is C23H23ClN2. The van der Waals surface area contributed by atoms with E-state index in [4.69, 9.17) is 16.7 Å². The van der Waals surface area contributed by atoms with Gasteiger partial charge in [0.25, 0.3) is 0 Å². The number of hydrogen-bond acceptors (Lipinski definition) is 2. The highest BCUT2D eigenvalue weighted by Gasteiger charge is 2.08. The summed E-state index contributed by atoms with van der Waals surface area (Å²) in [5.41, 5.74) is 4.68. The number of hydrazone groups is 1. The summed E-state index contributed by atoms with van der Waals surface area (Å²) in [6.45, 7) is 3.68. The maximum atomic E-state index is 6.03. The number of rotatable bonds is 7. The van der Waals surface area contributed by atoms with Gasteiger partial charge >= 0.3 is 0 Å². The smallest absolute Gasteiger partial charge is 0.0675 e. The molecule has 2 nitrogen and oxygen atoms in total. The lowest BCUT2D eigenvalue weighted by atomic mass is 10.1. The normalized spacial score (nSPS) is 11.4. The van der Waals surface area contributed by atoms with Crippen molar-refractivity contribution >= 4 is 17.3 Å². The first-order valence-electron chi connectivity index (χ1n) is 8.91. The van der Waals surface area contributed by atoms with Crippen molar-refractivity contribution in [3.8, 4) is 0 Å². The topological polar surface area (TPSA) is 15.6 Å². The van der Waals surface area contributed by atoms with Crippen molar-refractivity contribution in [1.82, 2.24) is 5.01 Å². The van der Waals surface area contributed by atoms with Crippen molar-refractivity contribution in [2.24, 2.45) is 5.10 Å². The highest BCUT2D eigenvalue weighted by molar-refractivity contribution is 6.30. The van der Waals surface area contributed by atoms with Gasteiger partial charge in [0.2, 0.25) is 0 Å². The van der Waals surface area contributed by atoms with Crippen LogP contribution in [-0.4, -0.2) is 10.7 Å². The zero-order chi connectivity index (χ0) is 18.2. The van der Waals surface area contributed by atoms with Gasteiger partial charge in [-0.25, -0.2) is 0 Å². The van der Waals surface area contributed by atoms with E-state index < -0.39 is 0 Å². The van der Waals surface area contributed by atoms with Gasteiger partial charge in [-0.05, 0) is 35.2 Å². The molecule has 0 radical (unpaired) electrons. The largest absolute Gasteiger partial charge is 0.288 e. The van der Waals surface area contributed by atoms with E-state index >= 15 is 0 Å². The van der Waals surface area contributed by atoms with Crippen LogP contribution in [0.4, 0.5) is 0 Å². The lowest BCUT2D eigenvalue weighted by Crippen LogP contribution is -2.19. The van der Waals surface area contributed by atoms with Crippen LogP contribution in [0.5, 0.6) is 0 Å². The minimum absolute atomic E-state index is 0.745. The first kappa shape index (κ1) is 18.2. The zero-order valence-corrected chi connectivity index (χ0v) is 15.7. The molecule has 0 fully saturated rings. The third-order valence-corrected chi connectivity index (χ3v) is 4.44. The van der Waals surface area contributed by atoms with Gasteiger partial charge in [0, 0.05) is 5.02 Å². The summed E-state index contributed by atoms with van der Waals surface area (Å²) in [4.78, 5) is 0. The van der Waals surface area contributed by atoms with Crippen molar-refractivity contribution in [2.75, 3.05) is 0 Å². The minimum atomic E-state index is 0.745. The van der Waals surface area contributed by atoms with Crippen LogP contribution in [0.1, 0.15) is 30.0 Å². The highest BCUT2D eigenvalue weighted by Crippen LogP contribution is 2.15. The summed E-state index contributed by atoms with van der Waals surface area (Å²) in [6, 6.07) is 28.8. The van der Waals surface area contributed by atoms with Crippen LogP contribution in [-0.2, 0) is 13.1 Å². The molecule has 0 aromatic heterocycles. The van der Waals surface area contributed by atoms with Gasteiger partial charge in [0.15, 0.2) is 0 Å². The van der Waals surface area contributed by atoms with Crippen molar-refractivity contribution < 1.29 is 0 Å². The third-order valence-electron chi connectivity index (χ3n) is 4.19. The van der Waals surface area contributed by atoms with Crippen LogP contribution in [0.3, 0.4) is 0 Å². The van der Waals surface area contributed by atoms with Crippen LogP contribution in [0, 0.1) is 0 Å². The van der Waals surface area contributed by atoms with Crippen LogP contribution >= 0.6 is 11.6 Å². The average molecular weight is 363 g/mol.